The summed E-state index contributed by atoms with van der Waals surface area (Å²) in [5, 5.41) is 6.85. The third-order valence-corrected chi connectivity index (χ3v) is 6.16. The van der Waals surface area contributed by atoms with E-state index in [1.807, 2.05) is 7.05 Å². The van der Waals surface area contributed by atoms with Crippen molar-refractivity contribution in [2.24, 2.45) is 16.6 Å². The van der Waals surface area contributed by atoms with Crippen LogP contribution < -0.4 is 16.4 Å². The molecule has 2 fully saturated rings. The highest BCUT2D eigenvalue weighted by Gasteiger charge is 2.23. The minimum Gasteiger partial charge on any atom is -0.369 e. The minimum atomic E-state index is -0.170. The van der Waals surface area contributed by atoms with Crippen molar-refractivity contribution in [2.45, 2.75) is 45.2 Å². The fourth-order valence-electron chi connectivity index (χ4n) is 4.45. The zero-order valence-corrected chi connectivity index (χ0v) is 21.1. The number of carbonyl (C=O) groups is 1. The van der Waals surface area contributed by atoms with Crippen LogP contribution in [0, 0.1) is 5.92 Å². The lowest BCUT2D eigenvalue weighted by Gasteiger charge is -2.31. The maximum Gasteiger partial charge on any atom is 0.221 e. The van der Waals surface area contributed by atoms with Crippen LogP contribution in [0.25, 0.3) is 0 Å². The summed E-state index contributed by atoms with van der Waals surface area (Å²) in [5.74, 6) is 0.664. The summed E-state index contributed by atoms with van der Waals surface area (Å²) >= 11 is 0. The topological polar surface area (TPSA) is 86.0 Å². The zero-order chi connectivity index (χ0) is 21.2. The Hall–Kier alpha value is -1.39. The molecule has 7 nitrogen and oxygen atoms in total. The van der Waals surface area contributed by atoms with Crippen molar-refractivity contribution in [3.63, 3.8) is 0 Å². The number of nitrogens with zero attached hydrogens (tertiary/aromatic N) is 3. The maximum atomic E-state index is 11.5. The van der Waals surface area contributed by atoms with Gasteiger partial charge >= 0.3 is 0 Å². The number of carbonyl (C=O) groups excluding carboxylic acids is 1. The quantitative estimate of drug-likeness (QED) is 0.267. The molecular formula is C23H39IN6O. The molecule has 0 aliphatic carbocycles. The van der Waals surface area contributed by atoms with Gasteiger partial charge in [0.25, 0.3) is 0 Å². The smallest absolute Gasteiger partial charge is 0.221 e. The van der Waals surface area contributed by atoms with Crippen LogP contribution in [0.15, 0.2) is 29.3 Å². The summed E-state index contributed by atoms with van der Waals surface area (Å²) < 4.78 is 0. The standard InChI is InChI=1S/C23H38N6O.HI/c1-25-23(26-10-14-28-11-3-2-4-12-28)27-16-19-7-5-8-20(15-19)17-29-13-6-9-21(18-29)22(24)30;/h5,7-8,15,21H,2-4,6,9-14,16-18H2,1H3,(H2,24,30)(H2,25,26,27);1H. The molecule has 8 heteroatoms. The lowest BCUT2D eigenvalue weighted by molar-refractivity contribution is -0.123. The van der Waals surface area contributed by atoms with Gasteiger partial charge in [-0.05, 0) is 56.4 Å². The summed E-state index contributed by atoms with van der Waals surface area (Å²) in [6, 6.07) is 8.64. The highest BCUT2D eigenvalue weighted by atomic mass is 127. The molecule has 4 N–H and O–H groups in total. The highest BCUT2D eigenvalue weighted by molar-refractivity contribution is 14.0. The van der Waals surface area contributed by atoms with Gasteiger partial charge in [-0.15, -0.1) is 24.0 Å². The van der Waals surface area contributed by atoms with Crippen LogP contribution in [0.1, 0.15) is 43.2 Å². The van der Waals surface area contributed by atoms with Gasteiger partial charge in [-0.2, -0.15) is 0 Å². The first kappa shape index (κ1) is 25.9. The van der Waals surface area contributed by atoms with E-state index in [0.717, 1.165) is 58.1 Å². The first-order chi connectivity index (χ1) is 14.6. The van der Waals surface area contributed by atoms with Gasteiger partial charge in [-0.25, -0.2) is 0 Å². The fraction of sp³-hybridized carbons (Fsp3) is 0.652. The van der Waals surface area contributed by atoms with E-state index >= 15 is 0 Å². The molecule has 0 saturated carbocycles. The molecule has 174 valence electrons. The molecule has 0 bridgehead atoms. The Morgan fingerprint density at radius 2 is 1.84 bits per heavy atom. The van der Waals surface area contributed by atoms with Crippen molar-refractivity contribution in [2.75, 3.05) is 46.3 Å². The Bertz CT molecular complexity index is 707. The third kappa shape index (κ3) is 8.94. The molecule has 31 heavy (non-hydrogen) atoms. The van der Waals surface area contributed by atoms with Crippen molar-refractivity contribution < 1.29 is 4.79 Å². The lowest BCUT2D eigenvalue weighted by Crippen LogP contribution is -2.42. The van der Waals surface area contributed by atoms with E-state index in [-0.39, 0.29) is 35.8 Å². The van der Waals surface area contributed by atoms with Gasteiger partial charge in [0.15, 0.2) is 5.96 Å². The summed E-state index contributed by atoms with van der Waals surface area (Å²) in [7, 11) is 1.82. The number of rotatable bonds is 8. The van der Waals surface area contributed by atoms with Crippen LogP contribution >= 0.6 is 24.0 Å². The van der Waals surface area contributed by atoms with Gasteiger partial charge in [0.2, 0.25) is 5.91 Å². The van der Waals surface area contributed by atoms with Crippen LogP contribution in [-0.4, -0.2) is 68.0 Å². The Morgan fingerprint density at radius 1 is 1.10 bits per heavy atom. The summed E-state index contributed by atoms with van der Waals surface area (Å²) in [6.45, 7) is 7.82. The van der Waals surface area contributed by atoms with Crippen LogP contribution in [0.3, 0.4) is 0 Å². The largest absolute Gasteiger partial charge is 0.369 e. The molecule has 0 radical (unpaired) electrons. The van der Waals surface area contributed by atoms with E-state index in [1.165, 1.54) is 43.5 Å². The zero-order valence-electron chi connectivity index (χ0n) is 18.8. The van der Waals surface area contributed by atoms with Crippen LogP contribution in [0.5, 0.6) is 0 Å². The average Bonchev–Trinajstić information content (AvgIpc) is 2.77. The second kappa shape index (κ2) is 13.9. The highest BCUT2D eigenvalue weighted by Crippen LogP contribution is 2.18. The Kier molecular flexibility index (Phi) is 11.6. The van der Waals surface area contributed by atoms with Crippen molar-refractivity contribution >= 4 is 35.8 Å². The predicted molar refractivity (Wildman–Crippen MR) is 138 cm³/mol. The molecule has 1 unspecified atom stereocenters. The van der Waals surface area contributed by atoms with Gasteiger partial charge < -0.3 is 21.3 Å². The Balaban J connectivity index is 0.00000341. The molecule has 1 atom stereocenters. The molecule has 0 aromatic heterocycles. The van der Waals surface area contributed by atoms with Crippen LogP contribution in [-0.2, 0) is 17.9 Å². The number of aliphatic imine (C=N–C) groups is 1. The van der Waals surface area contributed by atoms with Gasteiger partial charge in [-0.1, -0.05) is 30.7 Å². The summed E-state index contributed by atoms with van der Waals surface area (Å²) in [4.78, 5) is 20.7. The first-order valence-electron chi connectivity index (χ1n) is 11.4. The molecule has 0 spiro atoms. The number of hydrogen-bond donors (Lipinski definition) is 3. The third-order valence-electron chi connectivity index (χ3n) is 6.16. The fourth-order valence-corrected chi connectivity index (χ4v) is 4.45. The maximum absolute atomic E-state index is 11.5. The van der Waals surface area contributed by atoms with E-state index in [4.69, 9.17) is 5.73 Å². The predicted octanol–water partition coefficient (Wildman–Crippen LogP) is 2.15. The average molecular weight is 543 g/mol. The molecule has 2 saturated heterocycles. The number of piperidine rings is 2. The molecule has 2 heterocycles. The monoisotopic (exact) mass is 542 g/mol. The number of amides is 1. The second-order valence-electron chi connectivity index (χ2n) is 8.55. The van der Waals surface area contributed by atoms with Crippen molar-refractivity contribution in [1.82, 2.24) is 20.4 Å². The normalized spacial score (nSPS) is 20.7. The number of hydrogen-bond acceptors (Lipinski definition) is 4. The number of benzene rings is 1. The summed E-state index contributed by atoms with van der Waals surface area (Å²) in [6.07, 6.45) is 5.97. The van der Waals surface area contributed by atoms with Crippen LogP contribution in [0.4, 0.5) is 0 Å². The van der Waals surface area contributed by atoms with Crippen molar-refractivity contribution in [1.29, 1.82) is 0 Å². The molecule has 1 amide bonds. The summed E-state index contributed by atoms with van der Waals surface area (Å²) in [5.41, 5.74) is 8.01. The van der Waals surface area contributed by atoms with Crippen molar-refractivity contribution in [3.05, 3.63) is 35.4 Å². The number of nitrogens with one attached hydrogen (secondary N) is 2. The SMILES string of the molecule is CN=C(NCCN1CCCCC1)NCc1cccc(CN2CCCC(C(N)=O)C2)c1.I. The Morgan fingerprint density at radius 3 is 2.58 bits per heavy atom. The molecule has 2 aliphatic rings. The van der Waals surface area contributed by atoms with E-state index < -0.39 is 0 Å². The van der Waals surface area contributed by atoms with E-state index in [2.05, 4.69) is 49.7 Å². The molecule has 1 aromatic rings. The molecule has 3 rings (SSSR count). The van der Waals surface area contributed by atoms with E-state index in [9.17, 15) is 4.79 Å². The molecule has 2 aliphatic heterocycles. The number of likely N-dealkylation sites (tertiary alicyclic amines) is 2. The number of halogens is 1. The van der Waals surface area contributed by atoms with Crippen LogP contribution in [0.2, 0.25) is 0 Å². The van der Waals surface area contributed by atoms with Crippen molar-refractivity contribution in [3.8, 4) is 0 Å². The van der Waals surface area contributed by atoms with E-state index in [1.54, 1.807) is 0 Å². The minimum absolute atomic E-state index is 0. The van der Waals surface area contributed by atoms with Gasteiger partial charge in [0.1, 0.15) is 0 Å². The molecule has 1 aromatic carbocycles. The Labute approximate surface area is 204 Å². The van der Waals surface area contributed by atoms with Gasteiger partial charge in [-0.3, -0.25) is 14.7 Å². The second-order valence-corrected chi connectivity index (χ2v) is 8.55. The number of primary amides is 1. The molecular weight excluding hydrogens is 503 g/mol. The first-order valence-corrected chi connectivity index (χ1v) is 11.4. The van der Waals surface area contributed by atoms with E-state index in [0.29, 0.717) is 0 Å². The van der Waals surface area contributed by atoms with Gasteiger partial charge in [0, 0.05) is 39.8 Å². The number of guanidine groups is 1. The lowest BCUT2D eigenvalue weighted by atomic mass is 9.97. The number of nitrogens with two attached hydrogens (primary N) is 1. The van der Waals surface area contributed by atoms with Gasteiger partial charge in [0.05, 0.1) is 5.92 Å².